The van der Waals surface area contributed by atoms with Crippen LogP contribution in [0.5, 0.6) is 0 Å². The monoisotopic (exact) mass is 306 g/mol. The maximum Gasteiger partial charge on any atom is 0.292 e. The Bertz CT molecular complexity index is 683. The second kappa shape index (κ2) is 5.49. The number of anilines is 1. The van der Waals surface area contributed by atoms with Gasteiger partial charge in [0.2, 0.25) is 0 Å². The number of hydrogen-bond donors (Lipinski definition) is 2. The van der Waals surface area contributed by atoms with Crippen LogP contribution < -0.4 is 11.1 Å². The highest BCUT2D eigenvalue weighted by Crippen LogP contribution is 2.25. The van der Waals surface area contributed by atoms with Crippen LogP contribution >= 0.6 is 11.3 Å². The number of amides is 1. The van der Waals surface area contributed by atoms with Gasteiger partial charge in [0.1, 0.15) is 10.7 Å². The molecule has 0 aliphatic carbocycles. The number of nitro benzene ring substituents is 1. The number of nitrogens with one attached hydrogen (secondary N) is 1. The maximum atomic E-state index is 12.2. The Morgan fingerprint density at radius 3 is 2.71 bits per heavy atom. The topological polar surface area (TPSA) is 111 Å². The smallest absolute Gasteiger partial charge is 0.292 e. The zero-order chi connectivity index (χ0) is 15.6. The largest absolute Gasteiger partial charge is 0.393 e. The molecule has 3 N–H and O–H groups in total. The van der Waals surface area contributed by atoms with Gasteiger partial charge in [0.05, 0.1) is 10.5 Å². The Labute approximate surface area is 125 Å². The molecule has 0 spiro atoms. The lowest BCUT2D eigenvalue weighted by atomic mass is 10.1. The first-order valence-corrected chi connectivity index (χ1v) is 6.95. The first-order valence-electron chi connectivity index (χ1n) is 6.07. The fraction of sp³-hybridized carbons (Fsp3) is 0.231. The number of nitrogens with two attached hydrogens (primary N) is 1. The van der Waals surface area contributed by atoms with E-state index in [4.69, 9.17) is 5.73 Å². The lowest BCUT2D eigenvalue weighted by Crippen LogP contribution is -2.40. The van der Waals surface area contributed by atoms with Gasteiger partial charge in [-0.3, -0.25) is 14.9 Å². The predicted octanol–water partition coefficient (Wildman–Crippen LogP) is 2.30. The number of aromatic nitrogens is 1. The normalized spacial score (nSPS) is 11.1. The minimum Gasteiger partial charge on any atom is -0.393 e. The van der Waals surface area contributed by atoms with Crippen LogP contribution in [-0.4, -0.2) is 15.8 Å². The molecule has 21 heavy (non-hydrogen) atoms. The van der Waals surface area contributed by atoms with Crippen molar-refractivity contribution in [2.45, 2.75) is 19.4 Å². The molecule has 8 heteroatoms. The van der Waals surface area contributed by atoms with Crippen LogP contribution in [0.25, 0.3) is 0 Å². The van der Waals surface area contributed by atoms with E-state index < -0.39 is 10.5 Å². The van der Waals surface area contributed by atoms with E-state index in [1.807, 2.05) is 19.2 Å². The number of nitrogen functional groups attached to an aromatic ring is 1. The summed E-state index contributed by atoms with van der Waals surface area (Å²) in [5.74, 6) is -0.364. The molecule has 0 fully saturated rings. The zero-order valence-electron chi connectivity index (χ0n) is 11.5. The van der Waals surface area contributed by atoms with E-state index in [2.05, 4.69) is 10.3 Å². The Kier molecular flexibility index (Phi) is 3.90. The maximum absolute atomic E-state index is 12.2. The Morgan fingerprint density at radius 2 is 2.19 bits per heavy atom. The summed E-state index contributed by atoms with van der Waals surface area (Å²) in [6, 6.07) is 3.90. The number of thiazole rings is 1. The fourth-order valence-corrected chi connectivity index (χ4v) is 2.52. The van der Waals surface area contributed by atoms with E-state index >= 15 is 0 Å². The molecule has 2 rings (SSSR count). The zero-order valence-corrected chi connectivity index (χ0v) is 12.3. The number of benzene rings is 1. The van der Waals surface area contributed by atoms with Crippen molar-refractivity contribution in [3.05, 3.63) is 50.5 Å². The predicted molar refractivity (Wildman–Crippen MR) is 80.1 cm³/mol. The number of carbonyl (C=O) groups is 1. The van der Waals surface area contributed by atoms with Crippen LogP contribution in [0.15, 0.2) is 29.8 Å². The molecule has 0 atom stereocenters. The third-order valence-corrected chi connectivity index (χ3v) is 3.98. The van der Waals surface area contributed by atoms with Crippen LogP contribution in [0.1, 0.15) is 29.2 Å². The van der Waals surface area contributed by atoms with Gasteiger partial charge >= 0.3 is 0 Å². The molecule has 0 radical (unpaired) electrons. The molecule has 0 bridgehead atoms. The van der Waals surface area contributed by atoms with Crippen LogP contribution in [0.4, 0.5) is 11.4 Å². The van der Waals surface area contributed by atoms with Gasteiger partial charge in [-0.1, -0.05) is 0 Å². The van der Waals surface area contributed by atoms with E-state index in [0.29, 0.717) is 0 Å². The number of nitro groups is 1. The average Bonchev–Trinajstić information content (AvgIpc) is 2.92. The molecular weight excluding hydrogens is 292 g/mol. The number of carbonyl (C=O) groups excluding carboxylic acids is 1. The minimum absolute atomic E-state index is 0.0419. The summed E-state index contributed by atoms with van der Waals surface area (Å²) in [6.07, 6.45) is 1.66. The van der Waals surface area contributed by atoms with E-state index in [1.165, 1.54) is 29.5 Å². The summed E-state index contributed by atoms with van der Waals surface area (Å²) in [5.41, 5.74) is 4.96. The molecule has 1 aromatic heterocycles. The quantitative estimate of drug-likeness (QED) is 0.511. The second-order valence-electron chi connectivity index (χ2n) is 4.95. The van der Waals surface area contributed by atoms with Gasteiger partial charge in [0.15, 0.2) is 0 Å². The fourth-order valence-electron chi connectivity index (χ4n) is 1.80. The third kappa shape index (κ3) is 3.16. The van der Waals surface area contributed by atoms with Gasteiger partial charge in [-0.15, -0.1) is 11.3 Å². The highest BCUT2D eigenvalue weighted by Gasteiger charge is 2.26. The van der Waals surface area contributed by atoms with Gasteiger partial charge in [-0.05, 0) is 26.0 Å². The lowest BCUT2D eigenvalue weighted by Gasteiger charge is -2.23. The van der Waals surface area contributed by atoms with Crippen molar-refractivity contribution in [3.8, 4) is 0 Å². The summed E-state index contributed by atoms with van der Waals surface area (Å²) in [7, 11) is 0. The molecule has 1 amide bonds. The van der Waals surface area contributed by atoms with Gasteiger partial charge in [0, 0.05) is 23.2 Å². The van der Waals surface area contributed by atoms with E-state index in [-0.39, 0.29) is 22.8 Å². The Morgan fingerprint density at radius 1 is 1.48 bits per heavy atom. The van der Waals surface area contributed by atoms with Crippen LogP contribution in [-0.2, 0) is 5.54 Å². The number of nitrogens with zero attached hydrogens (tertiary/aromatic N) is 2. The standard InChI is InChI=1S/C13H14N4O3S/c1-13(2,12-15-5-6-21-12)16-11(18)8-3-4-10(17(19)20)9(14)7-8/h3-7H,14H2,1-2H3,(H,16,18). The minimum atomic E-state index is -0.637. The molecule has 0 saturated carbocycles. The Balaban J connectivity index is 2.21. The lowest BCUT2D eigenvalue weighted by molar-refractivity contribution is -0.383. The molecule has 0 aliphatic rings. The van der Waals surface area contributed by atoms with Crippen molar-refractivity contribution < 1.29 is 9.72 Å². The highest BCUT2D eigenvalue weighted by atomic mass is 32.1. The molecular formula is C13H14N4O3S. The van der Waals surface area contributed by atoms with Crippen LogP contribution in [0.2, 0.25) is 0 Å². The van der Waals surface area contributed by atoms with Gasteiger partial charge in [-0.2, -0.15) is 0 Å². The summed E-state index contributed by atoms with van der Waals surface area (Å²) in [5, 5.41) is 16.1. The second-order valence-corrected chi connectivity index (χ2v) is 5.84. The first-order chi connectivity index (χ1) is 9.81. The van der Waals surface area contributed by atoms with Gasteiger partial charge in [0.25, 0.3) is 11.6 Å². The van der Waals surface area contributed by atoms with E-state index in [0.717, 1.165) is 5.01 Å². The van der Waals surface area contributed by atoms with Gasteiger partial charge in [-0.25, -0.2) is 4.98 Å². The summed E-state index contributed by atoms with van der Waals surface area (Å²) in [4.78, 5) is 26.5. The molecule has 0 saturated heterocycles. The number of rotatable bonds is 4. The molecule has 0 aliphatic heterocycles. The van der Waals surface area contributed by atoms with Crippen molar-refractivity contribution in [2.24, 2.45) is 0 Å². The van der Waals surface area contributed by atoms with Crippen LogP contribution in [0, 0.1) is 10.1 Å². The van der Waals surface area contributed by atoms with Crippen molar-refractivity contribution in [3.63, 3.8) is 0 Å². The van der Waals surface area contributed by atoms with Crippen molar-refractivity contribution in [2.75, 3.05) is 5.73 Å². The van der Waals surface area contributed by atoms with Crippen LogP contribution in [0.3, 0.4) is 0 Å². The van der Waals surface area contributed by atoms with Crippen molar-refractivity contribution in [1.29, 1.82) is 0 Å². The molecule has 110 valence electrons. The molecule has 1 aromatic carbocycles. The molecule has 7 nitrogen and oxygen atoms in total. The van der Waals surface area contributed by atoms with Crippen molar-refractivity contribution >= 4 is 28.6 Å². The molecule has 2 aromatic rings. The Hall–Kier alpha value is -2.48. The van der Waals surface area contributed by atoms with Gasteiger partial charge < -0.3 is 11.1 Å². The SMILES string of the molecule is CC(C)(NC(=O)c1ccc([N+](=O)[O-])c(N)c1)c1nccs1. The van der Waals surface area contributed by atoms with E-state index in [1.54, 1.807) is 6.20 Å². The summed E-state index contributed by atoms with van der Waals surface area (Å²) < 4.78 is 0. The summed E-state index contributed by atoms with van der Waals surface area (Å²) in [6.45, 7) is 3.66. The van der Waals surface area contributed by atoms with E-state index in [9.17, 15) is 14.9 Å². The summed E-state index contributed by atoms with van der Waals surface area (Å²) >= 11 is 1.44. The highest BCUT2D eigenvalue weighted by molar-refractivity contribution is 7.09. The first kappa shape index (κ1) is 14.9. The number of hydrogen-bond acceptors (Lipinski definition) is 6. The molecule has 0 unspecified atom stereocenters. The average molecular weight is 306 g/mol. The third-order valence-electron chi connectivity index (χ3n) is 2.88. The molecule has 1 heterocycles. The van der Waals surface area contributed by atoms with Crippen molar-refractivity contribution in [1.82, 2.24) is 10.3 Å².